The average molecular weight is 353 g/mol. The molecule has 1 heterocycles. The summed E-state index contributed by atoms with van der Waals surface area (Å²) in [6, 6.07) is 11.2. The molecular weight excluding hydrogens is 334 g/mol. The van der Waals surface area contributed by atoms with Gasteiger partial charge in [0.1, 0.15) is 12.1 Å². The van der Waals surface area contributed by atoms with Gasteiger partial charge in [-0.25, -0.2) is 8.42 Å². The van der Waals surface area contributed by atoms with Crippen molar-refractivity contribution < 1.29 is 8.42 Å². The number of hydrogen-bond donors (Lipinski definition) is 0. The lowest BCUT2D eigenvalue weighted by molar-refractivity contribution is 0.490. The molecule has 0 N–H and O–H groups in total. The quantitative estimate of drug-likeness (QED) is 0.779. The second-order valence-electron chi connectivity index (χ2n) is 5.61. The van der Waals surface area contributed by atoms with Gasteiger partial charge in [0, 0.05) is 17.8 Å². The summed E-state index contributed by atoms with van der Waals surface area (Å²) in [4.78, 5) is 1.75. The molecule has 0 spiro atoms. The lowest BCUT2D eigenvalue weighted by Crippen LogP contribution is -2.25. The van der Waals surface area contributed by atoms with E-state index < -0.39 is 15.9 Å². The highest BCUT2D eigenvalue weighted by Crippen LogP contribution is 2.27. The highest BCUT2D eigenvalue weighted by molar-refractivity contribution is 7.94. The van der Waals surface area contributed by atoms with E-state index in [9.17, 15) is 8.42 Å². The lowest BCUT2D eigenvalue weighted by Gasteiger charge is -2.23. The van der Waals surface area contributed by atoms with Crippen molar-refractivity contribution in [2.45, 2.75) is 37.1 Å². The molecule has 5 nitrogen and oxygen atoms in total. The molecule has 0 fully saturated rings. The molecule has 0 radical (unpaired) electrons. The van der Waals surface area contributed by atoms with Gasteiger partial charge in [-0.2, -0.15) is 10.5 Å². The smallest absolute Gasteiger partial charge is 0.208 e. The van der Waals surface area contributed by atoms with Crippen molar-refractivity contribution in [3.63, 3.8) is 0 Å². The van der Waals surface area contributed by atoms with Crippen LogP contribution in [0.15, 0.2) is 70.3 Å². The lowest BCUT2D eigenvalue weighted by atomic mass is 10.00. The van der Waals surface area contributed by atoms with Gasteiger partial charge < -0.3 is 4.90 Å². The molecule has 1 aliphatic rings. The normalized spacial score (nSPS) is 15.8. The van der Waals surface area contributed by atoms with E-state index in [0.717, 1.165) is 18.4 Å². The van der Waals surface area contributed by atoms with E-state index in [1.165, 1.54) is 10.3 Å². The third kappa shape index (κ3) is 4.59. The van der Waals surface area contributed by atoms with Gasteiger partial charge in [0.05, 0.1) is 4.90 Å². The number of allylic oxidation sites excluding steroid dienone is 3. The van der Waals surface area contributed by atoms with Gasteiger partial charge in [-0.3, -0.25) is 0 Å². The van der Waals surface area contributed by atoms with Crippen molar-refractivity contribution in [3.8, 4) is 12.1 Å². The van der Waals surface area contributed by atoms with Crippen molar-refractivity contribution in [2.75, 3.05) is 0 Å². The number of nitrogens with zero attached hydrogens (tertiary/aromatic N) is 3. The van der Waals surface area contributed by atoms with Crippen molar-refractivity contribution in [1.29, 1.82) is 10.5 Å². The minimum absolute atomic E-state index is 0.236. The number of sulfone groups is 1. The van der Waals surface area contributed by atoms with E-state index in [4.69, 9.17) is 10.5 Å². The predicted octanol–water partition coefficient (Wildman–Crippen LogP) is 3.66. The molecule has 25 heavy (non-hydrogen) atoms. The first-order chi connectivity index (χ1) is 12.0. The van der Waals surface area contributed by atoms with E-state index in [0.29, 0.717) is 12.0 Å². The van der Waals surface area contributed by atoms with E-state index in [2.05, 4.69) is 6.92 Å². The summed E-state index contributed by atoms with van der Waals surface area (Å²) >= 11 is 0. The largest absolute Gasteiger partial charge is 0.326 e. The third-order valence-electron chi connectivity index (χ3n) is 3.80. The standard InChI is InChI=1S/C19H19N3O2S/c1-2-3-7-16-14-22(18(12-20)13-21)11-10-17(16)15-25(23,24)19-8-5-4-6-9-19/h4-6,8-11,14-15,18H,2-3,7H2,1H3/b17-15+. The summed E-state index contributed by atoms with van der Waals surface area (Å²) in [6.45, 7) is 2.05. The maximum atomic E-state index is 12.6. The first kappa shape index (κ1) is 18.5. The Morgan fingerprint density at radius 1 is 1.20 bits per heavy atom. The molecule has 2 rings (SSSR count). The highest BCUT2D eigenvalue weighted by atomic mass is 32.2. The van der Waals surface area contributed by atoms with Crippen LogP contribution in [0.2, 0.25) is 0 Å². The molecule has 0 atom stereocenters. The van der Waals surface area contributed by atoms with Crippen LogP contribution < -0.4 is 0 Å². The van der Waals surface area contributed by atoms with Gasteiger partial charge in [0.2, 0.25) is 6.04 Å². The minimum atomic E-state index is -3.57. The van der Waals surface area contributed by atoms with Crippen LogP contribution in [0.25, 0.3) is 0 Å². The van der Waals surface area contributed by atoms with Crippen LogP contribution in [0.5, 0.6) is 0 Å². The highest BCUT2D eigenvalue weighted by Gasteiger charge is 2.20. The summed E-state index contributed by atoms with van der Waals surface area (Å²) in [6.07, 6.45) is 7.43. The molecule has 0 aromatic heterocycles. The van der Waals surface area contributed by atoms with Gasteiger partial charge in [-0.05, 0) is 42.2 Å². The van der Waals surface area contributed by atoms with Gasteiger partial charge in [-0.1, -0.05) is 31.5 Å². The zero-order valence-electron chi connectivity index (χ0n) is 14.0. The average Bonchev–Trinajstić information content (AvgIpc) is 2.63. The fraction of sp³-hybridized carbons (Fsp3) is 0.263. The van der Waals surface area contributed by atoms with E-state index in [-0.39, 0.29) is 4.90 Å². The molecule has 0 bridgehead atoms. The van der Waals surface area contributed by atoms with Crippen molar-refractivity contribution >= 4 is 9.84 Å². The number of unbranched alkanes of at least 4 members (excludes halogenated alkanes) is 1. The molecule has 1 aliphatic heterocycles. The van der Waals surface area contributed by atoms with Gasteiger partial charge in [0.25, 0.3) is 0 Å². The fourth-order valence-corrected chi connectivity index (χ4v) is 3.67. The zero-order chi connectivity index (χ0) is 18.3. The van der Waals surface area contributed by atoms with Crippen molar-refractivity contribution in [3.05, 3.63) is 65.4 Å². The molecule has 1 aromatic rings. The van der Waals surface area contributed by atoms with Crippen molar-refractivity contribution in [2.24, 2.45) is 0 Å². The van der Waals surface area contributed by atoms with Gasteiger partial charge >= 0.3 is 0 Å². The van der Waals surface area contributed by atoms with E-state index in [1.807, 2.05) is 12.1 Å². The third-order valence-corrected chi connectivity index (χ3v) is 5.29. The zero-order valence-corrected chi connectivity index (χ0v) is 14.8. The van der Waals surface area contributed by atoms with Gasteiger partial charge in [-0.15, -0.1) is 0 Å². The maximum Gasteiger partial charge on any atom is 0.208 e. The summed E-state index contributed by atoms with van der Waals surface area (Å²) < 4.78 is 25.2. The maximum absolute atomic E-state index is 12.6. The Kier molecular flexibility index (Phi) is 6.16. The summed E-state index contributed by atoms with van der Waals surface area (Å²) in [5, 5.41) is 19.4. The molecule has 0 saturated carbocycles. The monoisotopic (exact) mass is 353 g/mol. The molecule has 1 aromatic carbocycles. The van der Waals surface area contributed by atoms with E-state index in [1.54, 1.807) is 48.8 Å². The number of benzene rings is 1. The summed E-state index contributed by atoms with van der Waals surface area (Å²) in [7, 11) is -3.57. The minimum Gasteiger partial charge on any atom is -0.326 e. The summed E-state index contributed by atoms with van der Waals surface area (Å²) in [5.74, 6) is 0. The predicted molar refractivity (Wildman–Crippen MR) is 95.3 cm³/mol. The van der Waals surface area contributed by atoms with Crippen LogP contribution in [0.4, 0.5) is 0 Å². The first-order valence-corrected chi connectivity index (χ1v) is 9.54. The summed E-state index contributed by atoms with van der Waals surface area (Å²) in [5.41, 5.74) is 1.39. The van der Waals surface area contributed by atoms with Crippen LogP contribution in [-0.4, -0.2) is 19.4 Å². The molecule has 6 heteroatoms. The topological polar surface area (TPSA) is 85.0 Å². The Bertz CT molecular complexity index is 871. The molecule has 0 unspecified atom stereocenters. The number of rotatable bonds is 6. The first-order valence-electron chi connectivity index (χ1n) is 7.99. The Morgan fingerprint density at radius 2 is 1.88 bits per heavy atom. The molecule has 0 amide bonds. The molecular formula is C19H19N3O2S. The molecule has 128 valence electrons. The molecule has 0 aliphatic carbocycles. The number of nitriles is 2. The SMILES string of the molecule is CCCCC1=CN(C(C#N)C#N)C=C/C1=C\S(=O)(=O)c1ccccc1. The second-order valence-corrected chi connectivity index (χ2v) is 7.41. The second kappa shape index (κ2) is 8.32. The van der Waals surface area contributed by atoms with Crippen LogP contribution >= 0.6 is 0 Å². The van der Waals surface area contributed by atoms with E-state index >= 15 is 0 Å². The van der Waals surface area contributed by atoms with Crippen LogP contribution in [0.3, 0.4) is 0 Å². The molecule has 0 saturated heterocycles. The van der Waals surface area contributed by atoms with Crippen LogP contribution in [0.1, 0.15) is 26.2 Å². The Labute approximate surface area is 148 Å². The Morgan fingerprint density at radius 3 is 2.48 bits per heavy atom. The van der Waals surface area contributed by atoms with Crippen molar-refractivity contribution in [1.82, 2.24) is 4.90 Å². The fourth-order valence-electron chi connectivity index (χ4n) is 2.43. The van der Waals surface area contributed by atoms with Gasteiger partial charge in [0.15, 0.2) is 9.84 Å². The Hall–Kier alpha value is -2.83. The Balaban J connectivity index is 2.40. The van der Waals surface area contributed by atoms with Crippen LogP contribution in [0, 0.1) is 22.7 Å². The van der Waals surface area contributed by atoms with Crippen LogP contribution in [-0.2, 0) is 9.84 Å². The number of hydrogen-bond acceptors (Lipinski definition) is 5.